The molecule has 0 bridgehead atoms. The molecule has 0 radical (unpaired) electrons. The number of rotatable bonds is 8. The molecule has 0 aliphatic carbocycles. The van der Waals surface area contributed by atoms with Crippen molar-refractivity contribution >= 4 is 21.6 Å². The number of halogens is 1. The van der Waals surface area contributed by atoms with Crippen molar-refractivity contribution in [1.29, 1.82) is 0 Å². The number of carbonyl (C=O) groups is 1. The fourth-order valence-electron chi connectivity index (χ4n) is 3.35. The lowest BCUT2D eigenvalue weighted by molar-refractivity contribution is 0.0785. The Morgan fingerprint density at radius 3 is 2.22 bits per heavy atom. The Balaban J connectivity index is 1.91. The number of sulfonamides is 1. The molecule has 0 aromatic heterocycles. The van der Waals surface area contributed by atoms with Crippen LogP contribution in [0.1, 0.15) is 21.5 Å². The molecule has 6 nitrogen and oxygen atoms in total. The summed E-state index contributed by atoms with van der Waals surface area (Å²) in [5.74, 6) is -0.220. The number of anilines is 1. The number of amides is 1. The molecular weight excluding hydrogens is 431 g/mol. The first kappa shape index (κ1) is 23.3. The minimum atomic E-state index is -3.68. The summed E-state index contributed by atoms with van der Waals surface area (Å²) in [4.78, 5) is 14.6. The average molecular weight is 457 g/mol. The molecule has 32 heavy (non-hydrogen) atoms. The van der Waals surface area contributed by atoms with Crippen LogP contribution in [0.2, 0.25) is 0 Å². The molecule has 1 amide bonds. The average Bonchev–Trinajstić information content (AvgIpc) is 2.77. The molecule has 0 unspecified atom stereocenters. The van der Waals surface area contributed by atoms with Gasteiger partial charge in [0, 0.05) is 24.7 Å². The van der Waals surface area contributed by atoms with E-state index in [0.717, 1.165) is 16.1 Å². The Hall–Kier alpha value is -3.39. The number of carbonyl (C=O) groups excluding carboxylic acids is 1. The maximum absolute atomic E-state index is 13.3. The smallest absolute Gasteiger partial charge is 0.253 e. The van der Waals surface area contributed by atoms with Crippen LogP contribution in [0.4, 0.5) is 10.1 Å². The fraction of sp³-hybridized carbons (Fsp3) is 0.208. The number of ether oxygens (including phenoxy) is 1. The molecule has 0 saturated carbocycles. The first-order valence-corrected chi connectivity index (χ1v) is 11.7. The molecule has 0 N–H and O–H groups in total. The minimum absolute atomic E-state index is 0.0723. The van der Waals surface area contributed by atoms with E-state index >= 15 is 0 Å². The molecule has 0 heterocycles. The second kappa shape index (κ2) is 9.82. The monoisotopic (exact) mass is 456 g/mol. The Morgan fingerprint density at radius 1 is 0.969 bits per heavy atom. The minimum Gasteiger partial charge on any atom is -0.496 e. The lowest BCUT2D eigenvalue weighted by Gasteiger charge is -2.24. The van der Waals surface area contributed by atoms with Crippen molar-refractivity contribution in [2.45, 2.75) is 13.1 Å². The van der Waals surface area contributed by atoms with Crippen LogP contribution < -0.4 is 9.04 Å². The molecule has 3 aromatic rings. The zero-order valence-electron chi connectivity index (χ0n) is 18.2. The number of methoxy groups -OCH3 is 1. The zero-order valence-corrected chi connectivity index (χ0v) is 19.0. The maximum atomic E-state index is 13.3. The van der Waals surface area contributed by atoms with Crippen molar-refractivity contribution in [2.24, 2.45) is 0 Å². The number of benzene rings is 3. The predicted octanol–water partition coefficient (Wildman–Crippen LogP) is 4.07. The van der Waals surface area contributed by atoms with Gasteiger partial charge in [-0.05, 0) is 48.0 Å². The third-order valence-corrected chi connectivity index (χ3v) is 6.11. The summed E-state index contributed by atoms with van der Waals surface area (Å²) in [7, 11) is -0.499. The Morgan fingerprint density at radius 2 is 1.62 bits per heavy atom. The molecule has 8 heteroatoms. The quantitative estimate of drug-likeness (QED) is 0.513. The topological polar surface area (TPSA) is 66.9 Å². The van der Waals surface area contributed by atoms with E-state index in [1.807, 2.05) is 30.3 Å². The van der Waals surface area contributed by atoms with Crippen molar-refractivity contribution in [3.63, 3.8) is 0 Å². The summed E-state index contributed by atoms with van der Waals surface area (Å²) >= 11 is 0. The number of hydrogen-bond acceptors (Lipinski definition) is 4. The third-order valence-electron chi connectivity index (χ3n) is 4.97. The van der Waals surface area contributed by atoms with Crippen LogP contribution in [0, 0.1) is 5.82 Å². The van der Waals surface area contributed by atoms with Gasteiger partial charge in [0.05, 0.1) is 25.6 Å². The van der Waals surface area contributed by atoms with Crippen LogP contribution in [0.3, 0.4) is 0 Å². The van der Waals surface area contributed by atoms with Gasteiger partial charge in [0.15, 0.2) is 0 Å². The van der Waals surface area contributed by atoms with Gasteiger partial charge in [-0.3, -0.25) is 9.10 Å². The van der Waals surface area contributed by atoms with E-state index in [1.165, 1.54) is 31.4 Å². The van der Waals surface area contributed by atoms with Crippen molar-refractivity contribution < 1.29 is 22.3 Å². The highest BCUT2D eigenvalue weighted by Gasteiger charge is 2.21. The summed E-state index contributed by atoms with van der Waals surface area (Å²) in [6.07, 6.45) is 1.07. The summed E-state index contributed by atoms with van der Waals surface area (Å²) in [5.41, 5.74) is 2.23. The molecule has 0 spiro atoms. The summed E-state index contributed by atoms with van der Waals surface area (Å²) < 4.78 is 44.8. The van der Waals surface area contributed by atoms with E-state index in [1.54, 1.807) is 30.1 Å². The van der Waals surface area contributed by atoms with Gasteiger partial charge < -0.3 is 9.64 Å². The zero-order chi connectivity index (χ0) is 23.3. The van der Waals surface area contributed by atoms with E-state index in [-0.39, 0.29) is 12.5 Å². The van der Waals surface area contributed by atoms with Crippen LogP contribution in [-0.4, -0.2) is 39.6 Å². The van der Waals surface area contributed by atoms with E-state index in [9.17, 15) is 17.6 Å². The molecule has 0 atom stereocenters. The largest absolute Gasteiger partial charge is 0.496 e. The van der Waals surface area contributed by atoms with E-state index < -0.39 is 15.8 Å². The molecular formula is C24H25FN2O4S. The van der Waals surface area contributed by atoms with Gasteiger partial charge in [-0.25, -0.2) is 12.8 Å². The molecule has 0 aliphatic heterocycles. The third kappa shape index (κ3) is 5.64. The predicted molar refractivity (Wildman–Crippen MR) is 123 cm³/mol. The van der Waals surface area contributed by atoms with Crippen molar-refractivity contribution in [3.8, 4) is 5.75 Å². The van der Waals surface area contributed by atoms with E-state index in [4.69, 9.17) is 4.74 Å². The fourth-order valence-corrected chi connectivity index (χ4v) is 4.23. The summed E-state index contributed by atoms with van der Waals surface area (Å²) in [5, 5.41) is 0. The van der Waals surface area contributed by atoms with Crippen LogP contribution >= 0.6 is 0 Å². The highest BCUT2D eigenvalue weighted by Crippen LogP contribution is 2.27. The lowest BCUT2D eigenvalue weighted by atomic mass is 10.1. The molecule has 3 aromatic carbocycles. The SMILES string of the molecule is COc1ccc(C(=O)N(C)Cc2ccccc2)cc1CN(c1ccc(F)cc1)S(C)(=O)=O. The first-order chi connectivity index (χ1) is 15.2. The van der Waals surface area contributed by atoms with Crippen LogP contribution in [-0.2, 0) is 23.1 Å². The maximum Gasteiger partial charge on any atom is 0.253 e. The number of hydrogen-bond donors (Lipinski definition) is 0. The molecule has 0 fully saturated rings. The second-order valence-electron chi connectivity index (χ2n) is 7.42. The normalized spacial score (nSPS) is 11.1. The van der Waals surface area contributed by atoms with Gasteiger partial charge in [0.25, 0.3) is 5.91 Å². The highest BCUT2D eigenvalue weighted by molar-refractivity contribution is 7.92. The first-order valence-electron chi connectivity index (χ1n) is 9.88. The van der Waals surface area contributed by atoms with Gasteiger partial charge in [0.2, 0.25) is 10.0 Å². The highest BCUT2D eigenvalue weighted by atomic mass is 32.2. The van der Waals surface area contributed by atoms with Crippen molar-refractivity contribution in [3.05, 3.63) is 95.3 Å². The van der Waals surface area contributed by atoms with Gasteiger partial charge in [-0.2, -0.15) is 0 Å². The molecule has 0 aliphatic rings. The Kier molecular flexibility index (Phi) is 7.15. The van der Waals surface area contributed by atoms with Gasteiger partial charge >= 0.3 is 0 Å². The summed E-state index contributed by atoms with van der Waals surface area (Å²) in [6.45, 7) is 0.364. The summed E-state index contributed by atoms with van der Waals surface area (Å²) in [6, 6.07) is 19.7. The van der Waals surface area contributed by atoms with Crippen molar-refractivity contribution in [1.82, 2.24) is 4.90 Å². The van der Waals surface area contributed by atoms with Crippen LogP contribution in [0.25, 0.3) is 0 Å². The molecule has 168 valence electrons. The Bertz CT molecular complexity index is 1180. The van der Waals surface area contributed by atoms with E-state index in [0.29, 0.717) is 29.1 Å². The van der Waals surface area contributed by atoms with Crippen molar-refractivity contribution in [2.75, 3.05) is 24.7 Å². The van der Waals surface area contributed by atoms with Gasteiger partial charge in [-0.15, -0.1) is 0 Å². The van der Waals surface area contributed by atoms with Gasteiger partial charge in [0.1, 0.15) is 11.6 Å². The molecule has 3 rings (SSSR count). The molecule has 0 saturated heterocycles. The van der Waals surface area contributed by atoms with E-state index in [2.05, 4.69) is 0 Å². The van der Waals surface area contributed by atoms with Crippen LogP contribution in [0.15, 0.2) is 72.8 Å². The Labute approximate surface area is 187 Å². The van der Waals surface area contributed by atoms with Gasteiger partial charge in [-0.1, -0.05) is 30.3 Å². The number of nitrogens with zero attached hydrogens (tertiary/aromatic N) is 2. The second-order valence-corrected chi connectivity index (χ2v) is 9.33. The van der Waals surface area contributed by atoms with Crippen LogP contribution in [0.5, 0.6) is 5.75 Å². The standard InChI is InChI=1S/C24H25FN2O4S/c1-26(16-18-7-5-4-6-8-18)24(28)19-9-14-23(31-2)20(15-19)17-27(32(3,29)30)22-12-10-21(25)11-13-22/h4-15H,16-17H2,1-3H3. The lowest BCUT2D eigenvalue weighted by Crippen LogP contribution is -2.30.